The van der Waals surface area contributed by atoms with E-state index in [0.717, 1.165) is 50.4 Å². The third-order valence-electron chi connectivity index (χ3n) is 4.48. The molecule has 6 nitrogen and oxygen atoms in total. The van der Waals surface area contributed by atoms with Crippen LogP contribution in [-0.2, 0) is 11.5 Å². The predicted octanol–water partition coefficient (Wildman–Crippen LogP) is 1.23. The summed E-state index contributed by atoms with van der Waals surface area (Å²) < 4.78 is 2.96. The number of hydrogen-bond acceptors (Lipinski definition) is 4. The fourth-order valence-electron chi connectivity index (χ4n) is 3.14. The molecule has 1 aromatic rings. The van der Waals surface area contributed by atoms with Crippen LogP contribution in [-0.4, -0.2) is 76.2 Å². The van der Waals surface area contributed by atoms with Crippen molar-refractivity contribution in [1.82, 2.24) is 24.5 Å². The summed E-state index contributed by atoms with van der Waals surface area (Å²) in [5.74, 6) is 0.309. The Morgan fingerprint density at radius 3 is 2.36 bits per heavy atom. The average molecular weight is 370 g/mol. The number of piperidine rings is 1. The van der Waals surface area contributed by atoms with Gasteiger partial charge >= 0.3 is 0 Å². The van der Waals surface area contributed by atoms with Gasteiger partial charge in [0.1, 0.15) is 0 Å². The van der Waals surface area contributed by atoms with Crippen LogP contribution >= 0.6 is 15.9 Å². The van der Waals surface area contributed by atoms with E-state index < -0.39 is 0 Å². The van der Waals surface area contributed by atoms with E-state index in [-0.39, 0.29) is 0 Å². The summed E-state index contributed by atoms with van der Waals surface area (Å²) in [6.07, 6.45) is 7.41. The molecule has 122 valence electrons. The fraction of sp³-hybridized carbons (Fsp3) is 0.733. The third-order valence-corrected chi connectivity index (χ3v) is 4.89. The molecule has 0 radical (unpaired) electrons. The number of aromatic nitrogens is 2. The zero-order chi connectivity index (χ0) is 15.4. The molecule has 3 rings (SSSR count). The van der Waals surface area contributed by atoms with Crippen LogP contribution in [0.4, 0.5) is 0 Å². The molecule has 0 unspecified atom stereocenters. The first-order valence-corrected chi connectivity index (χ1v) is 8.90. The largest absolute Gasteiger partial charge is 0.342 e. The first-order chi connectivity index (χ1) is 10.7. The molecule has 2 aliphatic heterocycles. The first-order valence-electron chi connectivity index (χ1n) is 8.11. The van der Waals surface area contributed by atoms with Crippen LogP contribution in [0.15, 0.2) is 16.9 Å². The zero-order valence-electron chi connectivity index (χ0n) is 13.0. The maximum Gasteiger partial charge on any atom is 0.236 e. The number of halogens is 1. The SMILES string of the molecule is O=C(CN1CCN(Cn2cc(Br)cn2)CC1)N1CCCCC1. The second kappa shape index (κ2) is 7.57. The molecule has 0 saturated carbocycles. The van der Waals surface area contributed by atoms with E-state index in [1.165, 1.54) is 19.3 Å². The Bertz CT molecular complexity index is 492. The topological polar surface area (TPSA) is 44.6 Å². The maximum absolute atomic E-state index is 12.3. The van der Waals surface area contributed by atoms with E-state index in [2.05, 4.69) is 30.8 Å². The highest BCUT2D eigenvalue weighted by atomic mass is 79.9. The number of carbonyl (C=O) groups excluding carboxylic acids is 1. The summed E-state index contributed by atoms with van der Waals surface area (Å²) in [6, 6.07) is 0. The van der Waals surface area contributed by atoms with Gasteiger partial charge in [0, 0.05) is 45.5 Å². The Labute approximate surface area is 140 Å². The summed E-state index contributed by atoms with van der Waals surface area (Å²) in [6.45, 7) is 7.21. The molecule has 1 aromatic heterocycles. The Morgan fingerprint density at radius 1 is 1.05 bits per heavy atom. The van der Waals surface area contributed by atoms with Crippen LogP contribution in [0.3, 0.4) is 0 Å². The quantitative estimate of drug-likeness (QED) is 0.800. The number of likely N-dealkylation sites (tertiary alicyclic amines) is 1. The van der Waals surface area contributed by atoms with Gasteiger partial charge in [-0.1, -0.05) is 0 Å². The van der Waals surface area contributed by atoms with Gasteiger partial charge in [-0.05, 0) is 35.2 Å². The van der Waals surface area contributed by atoms with Gasteiger partial charge in [-0.15, -0.1) is 0 Å². The van der Waals surface area contributed by atoms with Gasteiger partial charge < -0.3 is 4.90 Å². The van der Waals surface area contributed by atoms with Gasteiger partial charge in [0.2, 0.25) is 5.91 Å². The summed E-state index contributed by atoms with van der Waals surface area (Å²) in [5.41, 5.74) is 0. The van der Waals surface area contributed by atoms with E-state index in [0.29, 0.717) is 12.5 Å². The van der Waals surface area contributed by atoms with Crippen molar-refractivity contribution in [3.63, 3.8) is 0 Å². The minimum atomic E-state index is 0.309. The molecule has 0 aromatic carbocycles. The molecule has 0 N–H and O–H groups in total. The van der Waals surface area contributed by atoms with Gasteiger partial charge in [-0.3, -0.25) is 19.3 Å². The van der Waals surface area contributed by atoms with Crippen molar-refractivity contribution < 1.29 is 4.79 Å². The van der Waals surface area contributed by atoms with E-state index in [4.69, 9.17) is 0 Å². The Kier molecular flexibility index (Phi) is 5.49. The zero-order valence-corrected chi connectivity index (χ0v) is 14.5. The number of amides is 1. The van der Waals surface area contributed by atoms with Crippen molar-refractivity contribution in [3.8, 4) is 0 Å². The highest BCUT2D eigenvalue weighted by Crippen LogP contribution is 2.11. The monoisotopic (exact) mass is 369 g/mol. The summed E-state index contributed by atoms with van der Waals surface area (Å²) in [5, 5.41) is 4.29. The number of nitrogens with zero attached hydrogens (tertiary/aromatic N) is 5. The fourth-order valence-corrected chi connectivity index (χ4v) is 3.47. The Balaban J connectivity index is 1.40. The highest BCUT2D eigenvalue weighted by molar-refractivity contribution is 9.10. The van der Waals surface area contributed by atoms with Crippen LogP contribution in [0.5, 0.6) is 0 Å². The summed E-state index contributed by atoms with van der Waals surface area (Å²) in [7, 11) is 0. The second-order valence-electron chi connectivity index (χ2n) is 6.18. The minimum Gasteiger partial charge on any atom is -0.342 e. The molecular weight excluding hydrogens is 346 g/mol. The predicted molar refractivity (Wildman–Crippen MR) is 88.4 cm³/mol. The second-order valence-corrected chi connectivity index (χ2v) is 7.09. The van der Waals surface area contributed by atoms with Crippen molar-refractivity contribution in [2.75, 3.05) is 45.8 Å². The minimum absolute atomic E-state index is 0.309. The van der Waals surface area contributed by atoms with Gasteiger partial charge in [0.25, 0.3) is 0 Å². The lowest BCUT2D eigenvalue weighted by Crippen LogP contribution is -2.50. The molecule has 0 spiro atoms. The van der Waals surface area contributed by atoms with Gasteiger partial charge in [-0.2, -0.15) is 5.10 Å². The van der Waals surface area contributed by atoms with E-state index in [9.17, 15) is 4.79 Å². The van der Waals surface area contributed by atoms with Crippen LogP contribution in [0.25, 0.3) is 0 Å². The highest BCUT2D eigenvalue weighted by Gasteiger charge is 2.22. The van der Waals surface area contributed by atoms with E-state index in [1.807, 2.05) is 22.0 Å². The van der Waals surface area contributed by atoms with Crippen molar-refractivity contribution in [3.05, 3.63) is 16.9 Å². The summed E-state index contributed by atoms with van der Waals surface area (Å²) >= 11 is 3.42. The molecule has 7 heteroatoms. The van der Waals surface area contributed by atoms with Crippen molar-refractivity contribution in [1.29, 1.82) is 0 Å². The van der Waals surface area contributed by atoms with Crippen molar-refractivity contribution in [2.45, 2.75) is 25.9 Å². The van der Waals surface area contributed by atoms with Crippen LogP contribution in [0, 0.1) is 0 Å². The normalized spacial score (nSPS) is 21.2. The third kappa shape index (κ3) is 4.30. The molecule has 0 atom stereocenters. The lowest BCUT2D eigenvalue weighted by molar-refractivity contribution is -0.133. The number of hydrogen-bond donors (Lipinski definition) is 0. The number of piperazine rings is 1. The molecular formula is C15H24BrN5O. The molecule has 2 fully saturated rings. The van der Waals surface area contributed by atoms with Gasteiger partial charge in [-0.25, -0.2) is 0 Å². The number of carbonyl (C=O) groups is 1. The Morgan fingerprint density at radius 2 is 1.73 bits per heavy atom. The van der Waals surface area contributed by atoms with Crippen LogP contribution in [0.1, 0.15) is 19.3 Å². The lowest BCUT2D eigenvalue weighted by atomic mass is 10.1. The molecule has 0 bridgehead atoms. The van der Waals surface area contributed by atoms with Gasteiger partial charge in [0.05, 0.1) is 23.9 Å². The molecule has 3 heterocycles. The van der Waals surface area contributed by atoms with Gasteiger partial charge in [0.15, 0.2) is 0 Å². The van der Waals surface area contributed by atoms with Crippen LogP contribution < -0.4 is 0 Å². The molecule has 2 saturated heterocycles. The van der Waals surface area contributed by atoms with E-state index >= 15 is 0 Å². The van der Waals surface area contributed by atoms with Crippen molar-refractivity contribution >= 4 is 21.8 Å². The molecule has 22 heavy (non-hydrogen) atoms. The summed E-state index contributed by atoms with van der Waals surface area (Å²) in [4.78, 5) is 19.0. The number of rotatable bonds is 4. The maximum atomic E-state index is 12.3. The van der Waals surface area contributed by atoms with Crippen molar-refractivity contribution in [2.24, 2.45) is 0 Å². The van der Waals surface area contributed by atoms with E-state index in [1.54, 1.807) is 0 Å². The smallest absolute Gasteiger partial charge is 0.236 e. The molecule has 2 aliphatic rings. The average Bonchev–Trinajstić information content (AvgIpc) is 2.95. The lowest BCUT2D eigenvalue weighted by Gasteiger charge is -2.35. The molecule has 0 aliphatic carbocycles. The first kappa shape index (κ1) is 16.0. The van der Waals surface area contributed by atoms with Crippen LogP contribution in [0.2, 0.25) is 0 Å². The Hall–Kier alpha value is -0.920. The molecule has 1 amide bonds. The standard InChI is InChI=1S/C15H24BrN5O/c16-14-10-17-21(11-14)13-19-8-6-18(7-9-19)12-15(22)20-4-2-1-3-5-20/h10-11H,1-9,12-13H2.